The van der Waals surface area contributed by atoms with Crippen LogP contribution in [0.3, 0.4) is 0 Å². The van der Waals surface area contributed by atoms with E-state index in [4.69, 9.17) is 10.5 Å². The maximum absolute atomic E-state index is 13.5. The number of hydrogen-bond donors (Lipinski definition) is 2. The average molecular weight is 260 g/mol. The predicted molar refractivity (Wildman–Crippen MR) is 69.4 cm³/mol. The number of halogens is 1. The Morgan fingerprint density at radius 2 is 2.24 bits per heavy atom. The molecule has 96 valence electrons. The summed E-state index contributed by atoms with van der Waals surface area (Å²) in [6, 6.07) is 2.71. The van der Waals surface area contributed by atoms with Gasteiger partial charge in [-0.2, -0.15) is 0 Å². The number of hydrogen-bond acceptors (Lipinski definition) is 4. The fourth-order valence-corrected chi connectivity index (χ4v) is 1.94. The fourth-order valence-electron chi connectivity index (χ4n) is 1.32. The predicted octanol–water partition coefficient (Wildman–Crippen LogP) is 1.60. The monoisotopic (exact) mass is 260 g/mol. The van der Waals surface area contributed by atoms with E-state index in [1.807, 2.05) is 6.92 Å². The summed E-state index contributed by atoms with van der Waals surface area (Å²) >= 11 is 0. The maximum atomic E-state index is 13.5. The summed E-state index contributed by atoms with van der Waals surface area (Å²) in [4.78, 5) is 0. The Labute approximate surface area is 103 Å². The van der Waals surface area contributed by atoms with Crippen LogP contribution < -0.4 is 15.8 Å². The van der Waals surface area contributed by atoms with Crippen LogP contribution in [-0.4, -0.2) is 29.4 Å². The van der Waals surface area contributed by atoms with Crippen molar-refractivity contribution >= 4 is 22.2 Å². The molecule has 0 aliphatic rings. The van der Waals surface area contributed by atoms with E-state index in [2.05, 4.69) is 5.32 Å². The molecule has 0 amide bonds. The molecule has 0 radical (unpaired) electrons. The SMILES string of the molecule is CCS(=O)CCNc1cc(OC)c(N)cc1F. The first-order valence-corrected chi connectivity index (χ1v) is 6.79. The van der Waals surface area contributed by atoms with Gasteiger partial charge in [0.15, 0.2) is 0 Å². The molecule has 0 fully saturated rings. The number of rotatable bonds is 6. The Kier molecular flexibility index (Phi) is 5.21. The normalized spacial score (nSPS) is 12.2. The van der Waals surface area contributed by atoms with Gasteiger partial charge in [0.05, 0.1) is 18.5 Å². The molecular formula is C11H17FN2O2S. The molecule has 1 unspecified atom stereocenters. The molecule has 6 heteroatoms. The van der Waals surface area contributed by atoms with Gasteiger partial charge >= 0.3 is 0 Å². The van der Waals surface area contributed by atoms with Crippen LogP contribution in [0.25, 0.3) is 0 Å². The van der Waals surface area contributed by atoms with Crippen LogP contribution in [0.2, 0.25) is 0 Å². The summed E-state index contributed by atoms with van der Waals surface area (Å²) in [7, 11) is 0.612. The van der Waals surface area contributed by atoms with E-state index < -0.39 is 16.6 Å². The van der Waals surface area contributed by atoms with Crippen LogP contribution in [0.4, 0.5) is 15.8 Å². The van der Waals surface area contributed by atoms with Gasteiger partial charge in [-0.1, -0.05) is 6.92 Å². The molecule has 1 aromatic rings. The Morgan fingerprint density at radius 3 is 2.82 bits per heavy atom. The quantitative estimate of drug-likeness (QED) is 0.763. The Bertz CT molecular complexity index is 413. The molecular weight excluding hydrogens is 243 g/mol. The molecule has 0 saturated heterocycles. The average Bonchev–Trinajstić information content (AvgIpc) is 2.31. The van der Waals surface area contributed by atoms with Crippen LogP contribution in [0.5, 0.6) is 5.75 Å². The highest BCUT2D eigenvalue weighted by molar-refractivity contribution is 7.84. The van der Waals surface area contributed by atoms with Crippen molar-refractivity contribution in [1.82, 2.24) is 0 Å². The molecule has 0 heterocycles. The number of methoxy groups -OCH3 is 1. The molecule has 3 N–H and O–H groups in total. The van der Waals surface area contributed by atoms with E-state index in [1.54, 1.807) is 0 Å². The van der Waals surface area contributed by atoms with E-state index in [0.29, 0.717) is 29.5 Å². The standard InChI is InChI=1S/C11H17FN2O2S/c1-3-17(15)5-4-14-10-7-11(16-2)9(13)6-8(10)12/h6-7,14H,3-5,13H2,1-2H3. The van der Waals surface area contributed by atoms with Crippen LogP contribution in [-0.2, 0) is 10.8 Å². The van der Waals surface area contributed by atoms with E-state index >= 15 is 0 Å². The molecule has 0 aromatic heterocycles. The smallest absolute Gasteiger partial charge is 0.148 e. The second-order valence-corrected chi connectivity index (χ2v) is 5.30. The lowest BCUT2D eigenvalue weighted by molar-refractivity contribution is 0.416. The molecule has 1 atom stereocenters. The summed E-state index contributed by atoms with van der Waals surface area (Å²) < 4.78 is 29.7. The number of nitrogens with one attached hydrogen (secondary N) is 1. The largest absolute Gasteiger partial charge is 0.495 e. The van der Waals surface area contributed by atoms with Crippen molar-refractivity contribution in [1.29, 1.82) is 0 Å². The van der Waals surface area contributed by atoms with Gasteiger partial charge in [0.25, 0.3) is 0 Å². The van der Waals surface area contributed by atoms with Gasteiger partial charge in [-0.15, -0.1) is 0 Å². The summed E-state index contributed by atoms with van der Waals surface area (Å²) in [5, 5.41) is 2.88. The van der Waals surface area contributed by atoms with Crippen molar-refractivity contribution in [2.75, 3.05) is 36.2 Å². The molecule has 1 aromatic carbocycles. The molecule has 0 spiro atoms. The molecule has 0 bridgehead atoms. The summed E-state index contributed by atoms with van der Waals surface area (Å²) in [6.45, 7) is 2.30. The molecule has 17 heavy (non-hydrogen) atoms. The summed E-state index contributed by atoms with van der Waals surface area (Å²) in [5.41, 5.74) is 6.12. The number of ether oxygens (including phenoxy) is 1. The minimum atomic E-state index is -0.860. The van der Waals surface area contributed by atoms with E-state index in [9.17, 15) is 8.60 Å². The zero-order valence-electron chi connectivity index (χ0n) is 9.96. The number of nitrogens with two attached hydrogens (primary N) is 1. The highest BCUT2D eigenvalue weighted by Crippen LogP contribution is 2.27. The fraction of sp³-hybridized carbons (Fsp3) is 0.455. The highest BCUT2D eigenvalue weighted by atomic mass is 32.2. The second kappa shape index (κ2) is 6.44. The third-order valence-corrected chi connectivity index (χ3v) is 3.59. The lowest BCUT2D eigenvalue weighted by Gasteiger charge is -2.11. The van der Waals surface area contributed by atoms with Gasteiger partial charge in [0.1, 0.15) is 11.6 Å². The first-order chi connectivity index (χ1) is 8.08. The van der Waals surface area contributed by atoms with Crippen LogP contribution in [0.15, 0.2) is 12.1 Å². The Morgan fingerprint density at radius 1 is 1.53 bits per heavy atom. The Hall–Kier alpha value is -1.30. The Balaban J connectivity index is 2.67. The second-order valence-electron chi connectivity index (χ2n) is 3.43. The lowest BCUT2D eigenvalue weighted by Crippen LogP contribution is -2.13. The first kappa shape index (κ1) is 13.8. The number of benzene rings is 1. The number of nitrogen functional groups attached to an aromatic ring is 1. The van der Waals surface area contributed by atoms with Crippen molar-refractivity contribution < 1.29 is 13.3 Å². The van der Waals surface area contributed by atoms with Crippen molar-refractivity contribution in [3.8, 4) is 5.75 Å². The van der Waals surface area contributed by atoms with Crippen LogP contribution in [0, 0.1) is 5.82 Å². The highest BCUT2D eigenvalue weighted by Gasteiger charge is 2.08. The molecule has 0 saturated carbocycles. The van der Waals surface area contributed by atoms with Gasteiger partial charge in [-0.25, -0.2) is 4.39 Å². The lowest BCUT2D eigenvalue weighted by atomic mass is 10.2. The minimum absolute atomic E-state index is 0.257. The van der Waals surface area contributed by atoms with Gasteiger partial charge in [-0.05, 0) is 0 Å². The summed E-state index contributed by atoms with van der Waals surface area (Å²) in [5.74, 6) is 1.08. The van der Waals surface area contributed by atoms with Crippen molar-refractivity contribution in [3.63, 3.8) is 0 Å². The van der Waals surface area contributed by atoms with Gasteiger partial charge in [0.2, 0.25) is 0 Å². The van der Waals surface area contributed by atoms with Crippen LogP contribution in [0.1, 0.15) is 6.92 Å². The molecule has 4 nitrogen and oxygen atoms in total. The van der Waals surface area contributed by atoms with Crippen LogP contribution >= 0.6 is 0 Å². The molecule has 1 rings (SSSR count). The third kappa shape index (κ3) is 3.89. The van der Waals surface area contributed by atoms with Crippen molar-refractivity contribution in [2.24, 2.45) is 0 Å². The first-order valence-electron chi connectivity index (χ1n) is 5.30. The third-order valence-electron chi connectivity index (χ3n) is 2.29. The van der Waals surface area contributed by atoms with Crippen molar-refractivity contribution in [2.45, 2.75) is 6.92 Å². The number of anilines is 2. The maximum Gasteiger partial charge on any atom is 0.148 e. The van der Waals surface area contributed by atoms with E-state index in [1.165, 1.54) is 19.2 Å². The zero-order chi connectivity index (χ0) is 12.8. The van der Waals surface area contributed by atoms with E-state index in [-0.39, 0.29) is 5.69 Å². The van der Waals surface area contributed by atoms with Gasteiger partial charge < -0.3 is 15.8 Å². The zero-order valence-corrected chi connectivity index (χ0v) is 10.8. The topological polar surface area (TPSA) is 64.3 Å². The molecule has 0 aliphatic heterocycles. The minimum Gasteiger partial charge on any atom is -0.495 e. The molecule has 0 aliphatic carbocycles. The van der Waals surface area contributed by atoms with Crippen molar-refractivity contribution in [3.05, 3.63) is 17.9 Å². The summed E-state index contributed by atoms with van der Waals surface area (Å²) in [6.07, 6.45) is 0. The van der Waals surface area contributed by atoms with E-state index in [0.717, 1.165) is 0 Å². The van der Waals surface area contributed by atoms with Gasteiger partial charge in [-0.3, -0.25) is 4.21 Å². The van der Waals surface area contributed by atoms with Gasteiger partial charge in [0, 0.05) is 41.0 Å².